The topological polar surface area (TPSA) is 51.0 Å². The van der Waals surface area contributed by atoms with Crippen molar-refractivity contribution in [2.24, 2.45) is 5.92 Å². The second-order valence-corrected chi connectivity index (χ2v) is 11.2. The third kappa shape index (κ3) is 6.20. The van der Waals surface area contributed by atoms with Gasteiger partial charge in [0, 0.05) is 18.7 Å². The van der Waals surface area contributed by atoms with Crippen LogP contribution >= 0.6 is 35.0 Å². The Bertz CT molecular complexity index is 1370. The summed E-state index contributed by atoms with van der Waals surface area (Å²) in [7, 11) is 0. The maximum Gasteiger partial charge on any atom is 0.233 e. The van der Waals surface area contributed by atoms with E-state index in [4.69, 9.17) is 23.2 Å². The zero-order valence-electron chi connectivity index (χ0n) is 20.6. The number of benzene rings is 3. The van der Waals surface area contributed by atoms with Crippen LogP contribution in [0.4, 0.5) is 0 Å². The summed E-state index contributed by atoms with van der Waals surface area (Å²) >= 11 is 13.9. The summed E-state index contributed by atoms with van der Waals surface area (Å²) in [6.45, 7) is 3.64. The lowest BCUT2D eigenvalue weighted by Crippen LogP contribution is -2.39. The van der Waals surface area contributed by atoms with Gasteiger partial charge in [-0.3, -0.25) is 9.36 Å². The highest BCUT2D eigenvalue weighted by Crippen LogP contribution is 2.32. The Balaban J connectivity index is 1.29. The highest BCUT2D eigenvalue weighted by Gasteiger charge is 2.24. The minimum atomic E-state index is 0.128. The van der Waals surface area contributed by atoms with E-state index in [-0.39, 0.29) is 5.91 Å². The van der Waals surface area contributed by atoms with Crippen molar-refractivity contribution in [1.82, 2.24) is 19.7 Å². The molecule has 0 spiro atoms. The number of hydrogen-bond donors (Lipinski definition) is 0. The van der Waals surface area contributed by atoms with Crippen molar-refractivity contribution >= 4 is 40.9 Å². The molecular formula is C29H28Cl2N4OS. The molecule has 37 heavy (non-hydrogen) atoms. The molecule has 1 saturated heterocycles. The number of carbonyl (C=O) groups excluding carboxylic acids is 1. The Morgan fingerprint density at radius 1 is 0.946 bits per heavy atom. The van der Waals surface area contributed by atoms with Crippen molar-refractivity contribution in [1.29, 1.82) is 0 Å². The van der Waals surface area contributed by atoms with E-state index in [9.17, 15) is 4.79 Å². The molecule has 0 saturated carbocycles. The second kappa shape index (κ2) is 11.7. The standard InChI is InChI=1S/C29H28Cl2N4OS/c1-20-7-9-23(10-8-20)28-32-33-29(35(28)24-11-12-25(30)26(31)18-24)37-19-27(36)34-15-13-22(14-16-34)17-21-5-3-2-4-6-21/h2-12,18,22H,13-17,19H2,1H3. The van der Waals surface area contributed by atoms with Crippen molar-refractivity contribution < 1.29 is 4.79 Å². The van der Waals surface area contributed by atoms with Gasteiger partial charge in [0.15, 0.2) is 11.0 Å². The third-order valence-electron chi connectivity index (χ3n) is 6.76. The van der Waals surface area contributed by atoms with Gasteiger partial charge in [0.25, 0.3) is 0 Å². The molecule has 1 fully saturated rings. The first kappa shape index (κ1) is 25.8. The fourth-order valence-electron chi connectivity index (χ4n) is 4.66. The highest BCUT2D eigenvalue weighted by molar-refractivity contribution is 7.99. The van der Waals surface area contributed by atoms with Gasteiger partial charge in [-0.2, -0.15) is 0 Å². The lowest BCUT2D eigenvalue weighted by Gasteiger charge is -2.32. The SMILES string of the molecule is Cc1ccc(-c2nnc(SCC(=O)N3CCC(Cc4ccccc4)CC3)n2-c2ccc(Cl)c(Cl)c2)cc1. The number of aromatic nitrogens is 3. The average molecular weight is 552 g/mol. The molecule has 3 aromatic carbocycles. The first-order valence-electron chi connectivity index (χ1n) is 12.4. The molecule has 5 nitrogen and oxygen atoms in total. The second-order valence-electron chi connectivity index (χ2n) is 9.41. The Morgan fingerprint density at radius 3 is 2.38 bits per heavy atom. The lowest BCUT2D eigenvalue weighted by atomic mass is 9.90. The lowest BCUT2D eigenvalue weighted by molar-refractivity contribution is -0.129. The van der Waals surface area contributed by atoms with Crippen LogP contribution in [-0.2, 0) is 11.2 Å². The van der Waals surface area contributed by atoms with E-state index in [1.165, 1.54) is 17.3 Å². The summed E-state index contributed by atoms with van der Waals surface area (Å²) in [5.74, 6) is 1.74. The Kier molecular flexibility index (Phi) is 8.18. The van der Waals surface area contributed by atoms with E-state index in [1.54, 1.807) is 12.1 Å². The minimum absolute atomic E-state index is 0.128. The van der Waals surface area contributed by atoms with Crippen LogP contribution in [0.3, 0.4) is 0 Å². The Labute approximate surface area is 231 Å². The fraction of sp³-hybridized carbons (Fsp3) is 0.276. The Morgan fingerprint density at radius 2 is 1.68 bits per heavy atom. The molecule has 1 aliphatic rings. The fourth-order valence-corrected chi connectivity index (χ4v) is 5.81. The van der Waals surface area contributed by atoms with Crippen molar-refractivity contribution in [2.45, 2.75) is 31.3 Å². The van der Waals surface area contributed by atoms with Gasteiger partial charge in [0.05, 0.1) is 21.5 Å². The van der Waals surface area contributed by atoms with E-state index in [2.05, 4.69) is 40.5 Å². The van der Waals surface area contributed by atoms with Crippen LogP contribution in [0.15, 0.2) is 78.0 Å². The number of nitrogens with zero attached hydrogens (tertiary/aromatic N) is 4. The van der Waals surface area contributed by atoms with E-state index in [0.29, 0.717) is 32.7 Å². The van der Waals surface area contributed by atoms with Crippen LogP contribution in [-0.4, -0.2) is 44.4 Å². The Hall–Kier alpha value is -2.80. The van der Waals surface area contributed by atoms with E-state index < -0.39 is 0 Å². The van der Waals surface area contributed by atoms with Crippen LogP contribution in [0.1, 0.15) is 24.0 Å². The van der Waals surface area contributed by atoms with Crippen LogP contribution in [0, 0.1) is 12.8 Å². The number of carbonyl (C=O) groups is 1. The largest absolute Gasteiger partial charge is 0.342 e. The van der Waals surface area contributed by atoms with Crippen LogP contribution in [0.5, 0.6) is 0 Å². The molecule has 1 amide bonds. The van der Waals surface area contributed by atoms with Crippen molar-refractivity contribution in [3.05, 3.63) is 94.0 Å². The van der Waals surface area contributed by atoms with Gasteiger partial charge in [-0.25, -0.2) is 0 Å². The molecule has 0 unspecified atom stereocenters. The first-order valence-corrected chi connectivity index (χ1v) is 14.1. The zero-order valence-corrected chi connectivity index (χ0v) is 22.9. The number of likely N-dealkylation sites (tertiary alicyclic amines) is 1. The summed E-state index contributed by atoms with van der Waals surface area (Å²) in [4.78, 5) is 15.1. The number of thioether (sulfide) groups is 1. The summed E-state index contributed by atoms with van der Waals surface area (Å²) in [6, 6.07) is 24.2. The molecule has 0 bridgehead atoms. The van der Waals surface area contributed by atoms with Crippen LogP contribution in [0.25, 0.3) is 17.1 Å². The molecule has 0 atom stereocenters. The molecule has 1 aromatic heterocycles. The zero-order chi connectivity index (χ0) is 25.8. The molecule has 8 heteroatoms. The van der Waals surface area contributed by atoms with Crippen molar-refractivity contribution in [2.75, 3.05) is 18.8 Å². The number of hydrogen-bond acceptors (Lipinski definition) is 4. The van der Waals surface area contributed by atoms with Gasteiger partial charge in [0.1, 0.15) is 0 Å². The van der Waals surface area contributed by atoms with Gasteiger partial charge in [-0.15, -0.1) is 10.2 Å². The monoisotopic (exact) mass is 550 g/mol. The van der Waals surface area contributed by atoms with Crippen LogP contribution < -0.4 is 0 Å². The van der Waals surface area contributed by atoms with Gasteiger partial charge < -0.3 is 4.90 Å². The average Bonchev–Trinajstić information content (AvgIpc) is 3.34. The summed E-state index contributed by atoms with van der Waals surface area (Å²) < 4.78 is 1.94. The van der Waals surface area contributed by atoms with E-state index in [0.717, 1.165) is 49.2 Å². The van der Waals surface area contributed by atoms with E-state index in [1.807, 2.05) is 46.7 Å². The van der Waals surface area contributed by atoms with Gasteiger partial charge in [-0.1, -0.05) is 95.1 Å². The number of halogens is 2. The van der Waals surface area contributed by atoms with Gasteiger partial charge in [-0.05, 0) is 55.9 Å². The molecule has 5 rings (SSSR count). The van der Waals surface area contributed by atoms with Gasteiger partial charge >= 0.3 is 0 Å². The number of rotatable bonds is 7. The number of piperidine rings is 1. The predicted molar refractivity (Wildman–Crippen MR) is 152 cm³/mol. The summed E-state index contributed by atoms with van der Waals surface area (Å²) in [5, 5.41) is 10.5. The number of amides is 1. The van der Waals surface area contributed by atoms with Crippen molar-refractivity contribution in [3.8, 4) is 17.1 Å². The van der Waals surface area contributed by atoms with E-state index >= 15 is 0 Å². The maximum absolute atomic E-state index is 13.1. The molecule has 0 N–H and O–H groups in total. The van der Waals surface area contributed by atoms with Crippen molar-refractivity contribution in [3.63, 3.8) is 0 Å². The molecule has 1 aliphatic heterocycles. The third-order valence-corrected chi connectivity index (χ3v) is 8.42. The molecule has 0 aliphatic carbocycles. The summed E-state index contributed by atoms with van der Waals surface area (Å²) in [6.07, 6.45) is 3.14. The molecule has 4 aromatic rings. The molecular weight excluding hydrogens is 523 g/mol. The quantitative estimate of drug-likeness (QED) is 0.230. The summed E-state index contributed by atoms with van der Waals surface area (Å²) in [5.41, 5.74) is 4.26. The first-order chi connectivity index (χ1) is 18.0. The van der Waals surface area contributed by atoms with Gasteiger partial charge in [0.2, 0.25) is 5.91 Å². The highest BCUT2D eigenvalue weighted by atomic mass is 35.5. The smallest absolute Gasteiger partial charge is 0.233 e. The normalized spacial score (nSPS) is 14.2. The predicted octanol–water partition coefficient (Wildman–Crippen LogP) is 7.12. The minimum Gasteiger partial charge on any atom is -0.342 e. The molecule has 190 valence electrons. The number of aryl methyl sites for hydroxylation is 1. The maximum atomic E-state index is 13.1. The molecule has 0 radical (unpaired) electrons. The molecule has 2 heterocycles. The van der Waals surface area contributed by atoms with Crippen LogP contribution in [0.2, 0.25) is 10.0 Å².